The molecule has 3 aromatic rings. The number of fused-ring (bicyclic) bond motifs is 1. The highest BCUT2D eigenvalue weighted by Gasteiger charge is 2.30. The third-order valence-corrected chi connectivity index (χ3v) is 4.20. The number of benzene rings is 3. The van der Waals surface area contributed by atoms with E-state index in [1.165, 1.54) is 18.2 Å². The summed E-state index contributed by atoms with van der Waals surface area (Å²) in [6.45, 7) is 1.74. The highest BCUT2D eigenvalue weighted by Crippen LogP contribution is 2.30. The quantitative estimate of drug-likeness (QED) is 0.588. The van der Waals surface area contributed by atoms with Crippen LogP contribution in [0.5, 0.6) is 5.75 Å². The first-order chi connectivity index (χ1) is 13.1. The zero-order valence-corrected chi connectivity index (χ0v) is 14.6. The van der Waals surface area contributed by atoms with Crippen molar-refractivity contribution >= 4 is 28.4 Å². The van der Waals surface area contributed by atoms with E-state index in [-0.39, 0.29) is 17.0 Å². The van der Waals surface area contributed by atoms with Crippen LogP contribution < -0.4 is 10.6 Å². The van der Waals surface area contributed by atoms with Crippen LogP contribution in [0.2, 0.25) is 0 Å². The molecular formula is C20H15F3N2O3. The van der Waals surface area contributed by atoms with E-state index in [0.717, 1.165) is 23.6 Å². The van der Waals surface area contributed by atoms with Gasteiger partial charge in [-0.25, -0.2) is 4.79 Å². The van der Waals surface area contributed by atoms with Gasteiger partial charge in [0, 0.05) is 11.3 Å². The van der Waals surface area contributed by atoms with Crippen molar-refractivity contribution in [2.24, 2.45) is 0 Å². The fourth-order valence-corrected chi connectivity index (χ4v) is 2.73. The summed E-state index contributed by atoms with van der Waals surface area (Å²) in [5, 5.41) is 15.5. The molecule has 28 heavy (non-hydrogen) atoms. The lowest BCUT2D eigenvalue weighted by molar-refractivity contribution is -0.137. The number of phenols is 1. The predicted octanol–water partition coefficient (Wildman–Crippen LogP) is 4.83. The molecule has 0 spiro atoms. The van der Waals surface area contributed by atoms with Gasteiger partial charge in [0.1, 0.15) is 5.75 Å². The van der Waals surface area contributed by atoms with Gasteiger partial charge >= 0.3 is 12.2 Å². The van der Waals surface area contributed by atoms with Crippen LogP contribution in [0.1, 0.15) is 21.5 Å². The van der Waals surface area contributed by atoms with E-state index < -0.39 is 23.7 Å². The summed E-state index contributed by atoms with van der Waals surface area (Å²) in [6.07, 6.45) is -4.54. The van der Waals surface area contributed by atoms with Crippen molar-refractivity contribution in [3.63, 3.8) is 0 Å². The third kappa shape index (κ3) is 4.06. The minimum Gasteiger partial charge on any atom is -0.508 e. The lowest BCUT2D eigenvalue weighted by Crippen LogP contribution is -2.34. The first kappa shape index (κ1) is 19.2. The second-order valence-electron chi connectivity index (χ2n) is 6.13. The Morgan fingerprint density at radius 1 is 1.00 bits per heavy atom. The van der Waals surface area contributed by atoms with E-state index in [4.69, 9.17) is 0 Å². The topological polar surface area (TPSA) is 78.4 Å². The summed E-state index contributed by atoms with van der Waals surface area (Å²) in [5.41, 5.74) is -0.155. The van der Waals surface area contributed by atoms with Crippen LogP contribution in [0.15, 0.2) is 54.6 Å². The summed E-state index contributed by atoms with van der Waals surface area (Å²) in [6, 6.07) is 11.0. The van der Waals surface area contributed by atoms with E-state index in [9.17, 15) is 27.9 Å². The van der Waals surface area contributed by atoms with Gasteiger partial charge < -0.3 is 10.4 Å². The molecule has 5 nitrogen and oxygen atoms in total. The molecule has 3 amide bonds. The molecule has 0 bridgehead atoms. The average molecular weight is 388 g/mol. The largest absolute Gasteiger partial charge is 0.508 e. The van der Waals surface area contributed by atoms with Gasteiger partial charge in [-0.2, -0.15) is 13.2 Å². The molecule has 0 aromatic heterocycles. The van der Waals surface area contributed by atoms with Gasteiger partial charge in [-0.3, -0.25) is 10.1 Å². The van der Waals surface area contributed by atoms with Crippen LogP contribution in [-0.4, -0.2) is 17.0 Å². The number of amides is 3. The van der Waals surface area contributed by atoms with E-state index in [1.807, 2.05) is 0 Å². The first-order valence-corrected chi connectivity index (χ1v) is 8.17. The number of rotatable bonds is 2. The van der Waals surface area contributed by atoms with Crippen LogP contribution in [0.3, 0.4) is 0 Å². The van der Waals surface area contributed by atoms with Gasteiger partial charge in [-0.1, -0.05) is 18.2 Å². The predicted molar refractivity (Wildman–Crippen MR) is 98.3 cm³/mol. The number of carbonyl (C=O) groups is 2. The van der Waals surface area contributed by atoms with E-state index >= 15 is 0 Å². The fourth-order valence-electron chi connectivity index (χ4n) is 2.73. The van der Waals surface area contributed by atoms with Gasteiger partial charge in [0.25, 0.3) is 5.91 Å². The molecule has 0 saturated carbocycles. The summed E-state index contributed by atoms with van der Waals surface area (Å²) in [4.78, 5) is 24.2. The molecular weight excluding hydrogens is 373 g/mol. The Morgan fingerprint density at radius 3 is 2.46 bits per heavy atom. The zero-order chi connectivity index (χ0) is 20.5. The summed E-state index contributed by atoms with van der Waals surface area (Å²) in [7, 11) is 0. The molecule has 0 saturated heterocycles. The second kappa shape index (κ2) is 7.22. The van der Waals surface area contributed by atoms with Crippen molar-refractivity contribution in [1.29, 1.82) is 0 Å². The third-order valence-electron chi connectivity index (χ3n) is 4.20. The number of anilines is 1. The van der Waals surface area contributed by atoms with Crippen LogP contribution >= 0.6 is 0 Å². The Kier molecular flexibility index (Phi) is 4.96. The number of nitrogens with one attached hydrogen (secondary N) is 2. The molecule has 8 heteroatoms. The Labute approximate surface area is 157 Å². The maximum absolute atomic E-state index is 12.7. The van der Waals surface area contributed by atoms with Gasteiger partial charge in [0.2, 0.25) is 0 Å². The molecule has 3 aromatic carbocycles. The molecule has 0 atom stereocenters. The van der Waals surface area contributed by atoms with Crippen molar-refractivity contribution in [2.75, 3.05) is 5.32 Å². The molecule has 0 heterocycles. The number of hydrogen-bond donors (Lipinski definition) is 3. The molecule has 0 radical (unpaired) electrons. The number of alkyl halides is 3. The van der Waals surface area contributed by atoms with Crippen LogP contribution in [-0.2, 0) is 6.18 Å². The maximum atomic E-state index is 12.7. The van der Waals surface area contributed by atoms with Crippen molar-refractivity contribution in [2.45, 2.75) is 13.1 Å². The number of imide groups is 1. The van der Waals surface area contributed by atoms with Gasteiger partial charge in [-0.05, 0) is 59.7 Å². The van der Waals surface area contributed by atoms with Crippen molar-refractivity contribution in [3.05, 3.63) is 71.3 Å². The van der Waals surface area contributed by atoms with E-state index in [0.29, 0.717) is 10.9 Å². The summed E-state index contributed by atoms with van der Waals surface area (Å²) < 4.78 is 38.2. The Morgan fingerprint density at radius 2 is 1.75 bits per heavy atom. The number of aryl methyl sites for hydroxylation is 1. The molecule has 3 rings (SSSR count). The van der Waals surface area contributed by atoms with Crippen LogP contribution in [0, 0.1) is 6.92 Å². The minimum absolute atomic E-state index is 0.0928. The number of carbonyl (C=O) groups excluding carboxylic acids is 2. The second-order valence-corrected chi connectivity index (χ2v) is 6.13. The molecule has 0 aliphatic heterocycles. The van der Waals surface area contributed by atoms with Gasteiger partial charge in [0.15, 0.2) is 0 Å². The summed E-state index contributed by atoms with van der Waals surface area (Å²) >= 11 is 0. The monoisotopic (exact) mass is 388 g/mol. The highest BCUT2D eigenvalue weighted by molar-refractivity contribution is 6.09. The molecule has 0 aliphatic rings. The lowest BCUT2D eigenvalue weighted by Gasteiger charge is -2.11. The number of phenolic OH excluding ortho intramolecular Hbond substituents is 1. The van der Waals surface area contributed by atoms with Crippen LogP contribution in [0.4, 0.5) is 23.7 Å². The zero-order valence-electron chi connectivity index (χ0n) is 14.6. The van der Waals surface area contributed by atoms with Crippen molar-refractivity contribution in [3.8, 4) is 5.75 Å². The van der Waals surface area contributed by atoms with Gasteiger partial charge in [-0.15, -0.1) is 0 Å². The van der Waals surface area contributed by atoms with Crippen LogP contribution in [0.25, 0.3) is 10.8 Å². The molecule has 144 valence electrons. The normalized spacial score (nSPS) is 11.3. The molecule has 0 unspecified atom stereocenters. The SMILES string of the molecule is Cc1c(O)ccc2cc(C(=O)NC(=O)Nc3cccc(C(F)(F)F)c3)ccc12. The van der Waals surface area contributed by atoms with Crippen molar-refractivity contribution < 1.29 is 27.9 Å². The number of urea groups is 1. The van der Waals surface area contributed by atoms with Gasteiger partial charge in [0.05, 0.1) is 5.56 Å². The lowest BCUT2D eigenvalue weighted by atomic mass is 10.0. The average Bonchev–Trinajstić information content (AvgIpc) is 2.64. The number of aromatic hydroxyl groups is 1. The number of hydrogen-bond acceptors (Lipinski definition) is 3. The van der Waals surface area contributed by atoms with E-state index in [2.05, 4.69) is 10.6 Å². The van der Waals surface area contributed by atoms with E-state index in [1.54, 1.807) is 25.1 Å². The Hall–Kier alpha value is -3.55. The Balaban J connectivity index is 1.73. The molecule has 0 aliphatic carbocycles. The molecule has 3 N–H and O–H groups in total. The highest BCUT2D eigenvalue weighted by atomic mass is 19.4. The van der Waals surface area contributed by atoms with Crippen molar-refractivity contribution in [1.82, 2.24) is 5.32 Å². The summed E-state index contributed by atoms with van der Waals surface area (Å²) in [5.74, 6) is -0.581. The smallest absolute Gasteiger partial charge is 0.416 e. The number of halogens is 3. The standard InChI is InChI=1S/C20H15F3N2O3/c1-11-16-7-5-13(9-12(16)6-8-17(11)26)18(27)25-19(28)24-15-4-2-3-14(10-15)20(21,22)23/h2-10,26H,1H3,(H2,24,25,27,28). The first-order valence-electron chi connectivity index (χ1n) is 8.17. The Bertz CT molecular complexity index is 1080. The molecule has 0 fully saturated rings. The maximum Gasteiger partial charge on any atom is 0.416 e. The minimum atomic E-state index is -4.54. The fraction of sp³-hybridized carbons (Fsp3) is 0.100.